The molecule has 2 saturated carbocycles. The number of carbonyl (C=O) groups is 2. The molecule has 6 nitrogen and oxygen atoms in total. The summed E-state index contributed by atoms with van der Waals surface area (Å²) in [5.41, 5.74) is 0. The van der Waals surface area contributed by atoms with E-state index in [2.05, 4.69) is 10.6 Å². The Morgan fingerprint density at radius 2 is 1.82 bits per heavy atom. The summed E-state index contributed by atoms with van der Waals surface area (Å²) in [5, 5.41) is 15.5. The summed E-state index contributed by atoms with van der Waals surface area (Å²) >= 11 is 0. The van der Waals surface area contributed by atoms with E-state index in [0.717, 1.165) is 38.5 Å². The lowest BCUT2D eigenvalue weighted by molar-refractivity contribution is -0.137. The van der Waals surface area contributed by atoms with Gasteiger partial charge in [0.15, 0.2) is 0 Å². The Morgan fingerprint density at radius 1 is 1.05 bits per heavy atom. The fraction of sp³-hybridized carbons (Fsp3) is 0.875. The third-order valence-corrected chi connectivity index (χ3v) is 4.95. The smallest absolute Gasteiger partial charge is 0.223 e. The van der Waals surface area contributed by atoms with Gasteiger partial charge in [-0.1, -0.05) is 0 Å². The van der Waals surface area contributed by atoms with Crippen LogP contribution >= 0.6 is 0 Å². The molecule has 3 N–H and O–H groups in total. The number of amides is 2. The van der Waals surface area contributed by atoms with Crippen molar-refractivity contribution in [3.05, 3.63) is 0 Å². The molecule has 0 aromatic carbocycles. The Bertz CT molecular complexity index is 420. The van der Waals surface area contributed by atoms with E-state index in [1.165, 1.54) is 6.42 Å². The molecule has 3 fully saturated rings. The molecule has 0 bridgehead atoms. The fourth-order valence-electron chi connectivity index (χ4n) is 3.14. The van der Waals surface area contributed by atoms with E-state index < -0.39 is 6.10 Å². The van der Waals surface area contributed by atoms with Gasteiger partial charge in [0.2, 0.25) is 11.8 Å². The highest BCUT2D eigenvalue weighted by atomic mass is 16.5. The van der Waals surface area contributed by atoms with E-state index >= 15 is 0 Å². The fourth-order valence-corrected chi connectivity index (χ4v) is 3.14. The van der Waals surface area contributed by atoms with Crippen LogP contribution in [0, 0.1) is 5.92 Å². The average Bonchev–Trinajstić information content (AvgIpc) is 3.29. The highest BCUT2D eigenvalue weighted by Crippen LogP contribution is 2.30. The molecule has 0 unspecified atom stereocenters. The average molecular weight is 310 g/mol. The number of hydrogen-bond acceptors (Lipinski definition) is 4. The summed E-state index contributed by atoms with van der Waals surface area (Å²) < 4.78 is 5.83. The maximum absolute atomic E-state index is 11.9. The molecule has 0 radical (unpaired) electrons. The Morgan fingerprint density at radius 3 is 2.41 bits per heavy atom. The second kappa shape index (κ2) is 6.96. The van der Waals surface area contributed by atoms with Crippen molar-refractivity contribution in [1.29, 1.82) is 0 Å². The second-order valence-corrected chi connectivity index (χ2v) is 6.85. The molecule has 2 aliphatic carbocycles. The molecular formula is C16H26N2O4. The topological polar surface area (TPSA) is 87.7 Å². The van der Waals surface area contributed by atoms with E-state index in [4.69, 9.17) is 4.74 Å². The summed E-state index contributed by atoms with van der Waals surface area (Å²) in [6.45, 7) is -0.129. The van der Waals surface area contributed by atoms with E-state index in [0.29, 0.717) is 12.5 Å². The van der Waals surface area contributed by atoms with Crippen molar-refractivity contribution in [2.24, 2.45) is 5.92 Å². The first-order valence-electron chi connectivity index (χ1n) is 8.51. The molecule has 124 valence electrons. The van der Waals surface area contributed by atoms with E-state index in [-0.39, 0.29) is 36.5 Å². The number of rotatable bonds is 6. The highest BCUT2D eigenvalue weighted by molar-refractivity contribution is 5.81. The minimum Gasteiger partial charge on any atom is -0.394 e. The van der Waals surface area contributed by atoms with Crippen molar-refractivity contribution in [2.45, 2.75) is 75.7 Å². The Hall–Kier alpha value is -1.14. The molecule has 1 heterocycles. The first-order valence-corrected chi connectivity index (χ1v) is 8.51. The first kappa shape index (κ1) is 15.7. The maximum atomic E-state index is 11.9. The van der Waals surface area contributed by atoms with E-state index in [1.807, 2.05) is 0 Å². The zero-order chi connectivity index (χ0) is 15.5. The molecular weight excluding hydrogens is 284 g/mol. The normalized spacial score (nSPS) is 32.1. The third kappa shape index (κ3) is 3.98. The second-order valence-electron chi connectivity index (χ2n) is 6.85. The van der Waals surface area contributed by atoms with Crippen LogP contribution in [0.25, 0.3) is 0 Å². The molecule has 1 aliphatic heterocycles. The van der Waals surface area contributed by atoms with Crippen LogP contribution in [-0.4, -0.2) is 47.8 Å². The molecule has 0 aromatic rings. The lowest BCUT2D eigenvalue weighted by Gasteiger charge is -2.36. The van der Waals surface area contributed by atoms with Gasteiger partial charge >= 0.3 is 0 Å². The van der Waals surface area contributed by atoms with Gasteiger partial charge in [0.05, 0.1) is 25.2 Å². The van der Waals surface area contributed by atoms with Crippen molar-refractivity contribution in [1.82, 2.24) is 10.6 Å². The van der Waals surface area contributed by atoms with E-state index in [9.17, 15) is 14.7 Å². The molecule has 3 aliphatic rings. The van der Waals surface area contributed by atoms with Crippen LogP contribution in [-0.2, 0) is 14.3 Å². The SMILES string of the molecule is O=C(C[C@@H]1CC[C@H](NC(=O)C2CC2)[C@@H](CO)O1)NC1CCC1. The molecule has 0 spiro atoms. The Balaban J connectivity index is 1.43. The summed E-state index contributed by atoms with van der Waals surface area (Å²) in [5.74, 6) is 0.269. The first-order chi connectivity index (χ1) is 10.7. The summed E-state index contributed by atoms with van der Waals surface area (Å²) in [6, 6.07) is 0.208. The van der Waals surface area contributed by atoms with Crippen molar-refractivity contribution in [2.75, 3.05) is 6.61 Å². The third-order valence-electron chi connectivity index (χ3n) is 4.95. The van der Waals surface area contributed by atoms with Crippen molar-refractivity contribution >= 4 is 11.8 Å². The van der Waals surface area contributed by atoms with Gasteiger partial charge in [-0.2, -0.15) is 0 Å². The van der Waals surface area contributed by atoms with Crippen molar-refractivity contribution < 1.29 is 19.4 Å². The molecule has 2 amide bonds. The highest BCUT2D eigenvalue weighted by Gasteiger charge is 2.36. The number of aliphatic hydroxyl groups is 1. The van der Waals surface area contributed by atoms with Crippen LogP contribution in [0.15, 0.2) is 0 Å². The number of aliphatic hydroxyl groups excluding tert-OH is 1. The summed E-state index contributed by atoms with van der Waals surface area (Å²) in [4.78, 5) is 23.8. The predicted molar refractivity (Wildman–Crippen MR) is 80.0 cm³/mol. The lowest BCUT2D eigenvalue weighted by atomic mass is 9.92. The standard InChI is InChI=1S/C16H26N2O4/c19-9-14-13(18-16(21)10-4-5-10)7-6-12(22-14)8-15(20)17-11-2-1-3-11/h10-14,19H,1-9H2,(H,17,20)(H,18,21)/t12-,13-,14+/m0/s1. The van der Waals surface area contributed by atoms with Crippen LogP contribution in [0.3, 0.4) is 0 Å². The van der Waals surface area contributed by atoms with Gasteiger partial charge in [-0.05, 0) is 44.9 Å². The van der Waals surface area contributed by atoms with Crippen molar-refractivity contribution in [3.8, 4) is 0 Å². The van der Waals surface area contributed by atoms with Gasteiger partial charge in [-0.25, -0.2) is 0 Å². The number of ether oxygens (including phenoxy) is 1. The van der Waals surface area contributed by atoms with Gasteiger partial charge in [-0.15, -0.1) is 0 Å². The summed E-state index contributed by atoms with van der Waals surface area (Å²) in [7, 11) is 0. The van der Waals surface area contributed by atoms with Crippen LogP contribution in [0.4, 0.5) is 0 Å². The number of carbonyl (C=O) groups excluding carboxylic acids is 2. The molecule has 3 rings (SSSR count). The zero-order valence-corrected chi connectivity index (χ0v) is 12.9. The van der Waals surface area contributed by atoms with Gasteiger partial charge in [0.1, 0.15) is 6.10 Å². The zero-order valence-electron chi connectivity index (χ0n) is 12.9. The van der Waals surface area contributed by atoms with Crippen LogP contribution in [0.1, 0.15) is 51.4 Å². The van der Waals surface area contributed by atoms with Gasteiger partial charge in [0, 0.05) is 12.0 Å². The molecule has 6 heteroatoms. The molecule has 0 aromatic heterocycles. The minimum atomic E-state index is -0.405. The number of nitrogens with one attached hydrogen (secondary N) is 2. The van der Waals surface area contributed by atoms with Crippen LogP contribution in [0.5, 0.6) is 0 Å². The van der Waals surface area contributed by atoms with Crippen LogP contribution < -0.4 is 10.6 Å². The maximum Gasteiger partial charge on any atom is 0.223 e. The minimum absolute atomic E-state index is 0.0341. The quantitative estimate of drug-likeness (QED) is 0.666. The summed E-state index contributed by atoms with van der Waals surface area (Å²) in [6.07, 6.45) is 6.55. The van der Waals surface area contributed by atoms with Gasteiger partial charge in [0.25, 0.3) is 0 Å². The van der Waals surface area contributed by atoms with E-state index in [1.54, 1.807) is 0 Å². The van der Waals surface area contributed by atoms with Gasteiger partial charge < -0.3 is 20.5 Å². The van der Waals surface area contributed by atoms with Gasteiger partial charge in [-0.3, -0.25) is 9.59 Å². The molecule has 3 atom stereocenters. The van der Waals surface area contributed by atoms with Crippen LogP contribution in [0.2, 0.25) is 0 Å². The predicted octanol–water partition coefficient (Wildman–Crippen LogP) is 0.480. The number of hydrogen-bond donors (Lipinski definition) is 3. The molecule has 22 heavy (non-hydrogen) atoms. The Kier molecular flexibility index (Phi) is 4.98. The van der Waals surface area contributed by atoms with Crippen molar-refractivity contribution in [3.63, 3.8) is 0 Å². The Labute approximate surface area is 131 Å². The monoisotopic (exact) mass is 310 g/mol. The lowest BCUT2D eigenvalue weighted by Crippen LogP contribution is -2.52. The molecule has 1 saturated heterocycles. The largest absolute Gasteiger partial charge is 0.394 e.